The van der Waals surface area contributed by atoms with Gasteiger partial charge in [-0.05, 0) is 24.1 Å². The number of hydrogen-bond acceptors (Lipinski definition) is 3. The van der Waals surface area contributed by atoms with E-state index < -0.39 is 6.04 Å². The Morgan fingerprint density at radius 3 is 2.76 bits per heavy atom. The number of rotatable bonds is 4. The van der Waals surface area contributed by atoms with Crippen molar-refractivity contribution in [3.05, 3.63) is 29.8 Å². The summed E-state index contributed by atoms with van der Waals surface area (Å²) in [6, 6.07) is 6.41. The molecule has 21 heavy (non-hydrogen) atoms. The molecule has 1 aromatic carbocycles. The van der Waals surface area contributed by atoms with Crippen molar-refractivity contribution in [3.8, 4) is 5.75 Å². The Bertz CT molecular complexity index is 501. The van der Waals surface area contributed by atoms with Crippen LogP contribution in [0.25, 0.3) is 0 Å². The summed E-state index contributed by atoms with van der Waals surface area (Å²) in [7, 11) is 1.59. The maximum atomic E-state index is 12.2. The molecule has 1 unspecified atom stereocenters. The molecule has 2 N–H and O–H groups in total. The highest BCUT2D eigenvalue weighted by Gasteiger charge is 2.34. The lowest BCUT2D eigenvalue weighted by atomic mass is 10.0. The molecular weight excluding hydrogens is 270 g/mol. The predicted octanol–water partition coefficient (Wildman–Crippen LogP) is 1.29. The molecule has 0 bridgehead atoms. The molecule has 1 atom stereocenters. The summed E-state index contributed by atoms with van der Waals surface area (Å²) in [6.45, 7) is 3.57. The van der Waals surface area contributed by atoms with Crippen LogP contribution < -0.4 is 15.4 Å². The number of carbonyl (C=O) groups excluding carboxylic acids is 2. The molecule has 3 amide bonds. The number of amides is 3. The van der Waals surface area contributed by atoms with Crippen LogP contribution in [0.3, 0.4) is 0 Å². The molecule has 0 aliphatic carbocycles. The molecule has 1 fully saturated rings. The first-order valence-electron chi connectivity index (χ1n) is 7.13. The molecular formula is C15H21N3O3. The summed E-state index contributed by atoms with van der Waals surface area (Å²) in [6.07, 6.45) is 0.860. The Labute approximate surface area is 124 Å². The quantitative estimate of drug-likeness (QED) is 0.878. The Balaban J connectivity index is 2.21. The molecule has 6 heteroatoms. The first-order chi connectivity index (χ1) is 10.2. The van der Waals surface area contributed by atoms with Gasteiger partial charge in [-0.1, -0.05) is 19.1 Å². The standard InChI is InChI=1S/C15H21N3O3/c1-3-8-17-15(20)18-10-9-16-14(19)13(18)11-4-6-12(21-2)7-5-11/h4-7,13H,3,8-10H2,1-2H3,(H,16,19)(H,17,20). The lowest BCUT2D eigenvalue weighted by Gasteiger charge is -2.35. The van der Waals surface area contributed by atoms with Crippen LogP contribution in [0.2, 0.25) is 0 Å². The normalized spacial score (nSPS) is 18.1. The first kappa shape index (κ1) is 15.2. The largest absolute Gasteiger partial charge is 0.497 e. The van der Waals surface area contributed by atoms with Crippen molar-refractivity contribution in [2.75, 3.05) is 26.7 Å². The van der Waals surface area contributed by atoms with Gasteiger partial charge in [-0.25, -0.2) is 4.79 Å². The van der Waals surface area contributed by atoms with Crippen molar-refractivity contribution in [2.45, 2.75) is 19.4 Å². The molecule has 0 aromatic heterocycles. The second-order valence-corrected chi connectivity index (χ2v) is 4.89. The van der Waals surface area contributed by atoms with Crippen LogP contribution in [-0.2, 0) is 4.79 Å². The molecule has 6 nitrogen and oxygen atoms in total. The second-order valence-electron chi connectivity index (χ2n) is 4.89. The van der Waals surface area contributed by atoms with Gasteiger partial charge >= 0.3 is 6.03 Å². The van der Waals surface area contributed by atoms with E-state index in [4.69, 9.17) is 4.74 Å². The monoisotopic (exact) mass is 291 g/mol. The number of ether oxygens (including phenoxy) is 1. The van der Waals surface area contributed by atoms with Crippen LogP contribution in [-0.4, -0.2) is 43.6 Å². The van der Waals surface area contributed by atoms with Gasteiger partial charge in [0.05, 0.1) is 7.11 Å². The zero-order valence-corrected chi connectivity index (χ0v) is 12.4. The smallest absolute Gasteiger partial charge is 0.318 e. The van der Waals surface area contributed by atoms with Gasteiger partial charge in [0, 0.05) is 19.6 Å². The van der Waals surface area contributed by atoms with Crippen LogP contribution in [0.5, 0.6) is 5.75 Å². The zero-order chi connectivity index (χ0) is 15.2. The van der Waals surface area contributed by atoms with Crippen molar-refractivity contribution < 1.29 is 14.3 Å². The van der Waals surface area contributed by atoms with Crippen molar-refractivity contribution in [1.82, 2.24) is 15.5 Å². The Hall–Kier alpha value is -2.24. The van der Waals surface area contributed by atoms with E-state index in [0.717, 1.165) is 17.7 Å². The van der Waals surface area contributed by atoms with Gasteiger partial charge in [0.25, 0.3) is 0 Å². The molecule has 114 valence electrons. The summed E-state index contributed by atoms with van der Waals surface area (Å²) < 4.78 is 5.12. The van der Waals surface area contributed by atoms with E-state index in [9.17, 15) is 9.59 Å². The van der Waals surface area contributed by atoms with E-state index >= 15 is 0 Å². The summed E-state index contributed by atoms with van der Waals surface area (Å²) >= 11 is 0. The third-order valence-electron chi connectivity index (χ3n) is 3.43. The Morgan fingerprint density at radius 1 is 1.43 bits per heavy atom. The summed E-state index contributed by atoms with van der Waals surface area (Å²) in [5, 5.41) is 5.64. The highest BCUT2D eigenvalue weighted by atomic mass is 16.5. The maximum absolute atomic E-state index is 12.2. The van der Waals surface area contributed by atoms with Gasteiger partial charge < -0.3 is 20.3 Å². The molecule has 1 aliphatic heterocycles. The third kappa shape index (κ3) is 3.45. The fourth-order valence-electron chi connectivity index (χ4n) is 2.34. The average molecular weight is 291 g/mol. The first-order valence-corrected chi connectivity index (χ1v) is 7.13. The van der Waals surface area contributed by atoms with E-state index in [2.05, 4.69) is 10.6 Å². The van der Waals surface area contributed by atoms with Crippen molar-refractivity contribution in [2.24, 2.45) is 0 Å². The number of methoxy groups -OCH3 is 1. The SMILES string of the molecule is CCCNC(=O)N1CCNC(=O)C1c1ccc(OC)cc1. The van der Waals surface area contributed by atoms with Crippen molar-refractivity contribution in [1.29, 1.82) is 0 Å². The highest BCUT2D eigenvalue weighted by molar-refractivity contribution is 5.89. The maximum Gasteiger partial charge on any atom is 0.318 e. The summed E-state index contributed by atoms with van der Waals surface area (Å²) in [5.41, 5.74) is 0.777. The number of carbonyl (C=O) groups is 2. The van der Waals surface area contributed by atoms with E-state index in [0.29, 0.717) is 19.6 Å². The summed E-state index contributed by atoms with van der Waals surface area (Å²) in [4.78, 5) is 26.0. The number of nitrogens with one attached hydrogen (secondary N) is 2. The van der Waals surface area contributed by atoms with Gasteiger partial charge in [0.15, 0.2) is 0 Å². The summed E-state index contributed by atoms with van der Waals surface area (Å²) in [5.74, 6) is 0.565. The average Bonchev–Trinajstić information content (AvgIpc) is 2.52. The third-order valence-corrected chi connectivity index (χ3v) is 3.43. The van der Waals surface area contributed by atoms with Gasteiger partial charge in [-0.3, -0.25) is 4.79 Å². The topological polar surface area (TPSA) is 70.7 Å². The highest BCUT2D eigenvalue weighted by Crippen LogP contribution is 2.25. The van der Waals surface area contributed by atoms with Crippen molar-refractivity contribution in [3.63, 3.8) is 0 Å². The lowest BCUT2D eigenvalue weighted by Crippen LogP contribution is -2.54. The van der Waals surface area contributed by atoms with Crippen LogP contribution in [0.4, 0.5) is 4.79 Å². The van der Waals surface area contributed by atoms with E-state index in [1.165, 1.54) is 0 Å². The molecule has 0 radical (unpaired) electrons. The van der Waals surface area contributed by atoms with Gasteiger partial charge in [0.2, 0.25) is 5.91 Å². The number of nitrogens with zero attached hydrogens (tertiary/aromatic N) is 1. The Morgan fingerprint density at radius 2 is 2.14 bits per heavy atom. The second kappa shape index (κ2) is 6.97. The molecule has 0 saturated carbocycles. The lowest BCUT2D eigenvalue weighted by molar-refractivity contribution is -0.127. The van der Waals surface area contributed by atoms with Crippen molar-refractivity contribution >= 4 is 11.9 Å². The van der Waals surface area contributed by atoms with Gasteiger partial charge in [-0.2, -0.15) is 0 Å². The minimum atomic E-state index is -0.596. The zero-order valence-electron chi connectivity index (χ0n) is 12.4. The molecule has 2 rings (SSSR count). The molecule has 1 aliphatic rings. The molecule has 1 saturated heterocycles. The molecule has 1 aromatic rings. The van der Waals surface area contributed by atoms with E-state index in [1.54, 1.807) is 24.1 Å². The number of benzene rings is 1. The van der Waals surface area contributed by atoms with Gasteiger partial charge in [-0.15, -0.1) is 0 Å². The number of piperazine rings is 1. The van der Waals surface area contributed by atoms with Gasteiger partial charge in [0.1, 0.15) is 11.8 Å². The fourth-order valence-corrected chi connectivity index (χ4v) is 2.34. The van der Waals surface area contributed by atoms with E-state index in [1.807, 2.05) is 19.1 Å². The fraction of sp³-hybridized carbons (Fsp3) is 0.467. The minimum absolute atomic E-state index is 0.155. The molecule has 1 heterocycles. The van der Waals surface area contributed by atoms with Crippen LogP contribution in [0.1, 0.15) is 24.9 Å². The number of hydrogen-bond donors (Lipinski definition) is 2. The molecule has 0 spiro atoms. The van der Waals surface area contributed by atoms with Crippen LogP contribution in [0.15, 0.2) is 24.3 Å². The van der Waals surface area contributed by atoms with Crippen LogP contribution >= 0.6 is 0 Å². The Kier molecular flexibility index (Phi) is 5.03. The predicted molar refractivity (Wildman–Crippen MR) is 79.1 cm³/mol. The number of urea groups is 1. The van der Waals surface area contributed by atoms with E-state index in [-0.39, 0.29) is 11.9 Å². The van der Waals surface area contributed by atoms with Crippen LogP contribution in [0, 0.1) is 0 Å². The minimum Gasteiger partial charge on any atom is -0.497 e.